The fourth-order valence-corrected chi connectivity index (χ4v) is 2.31. The van der Waals surface area contributed by atoms with Crippen LogP contribution in [0.1, 0.15) is 10.4 Å². The second kappa shape index (κ2) is 5.76. The van der Waals surface area contributed by atoms with Gasteiger partial charge in [0.25, 0.3) is 0 Å². The van der Waals surface area contributed by atoms with E-state index in [9.17, 15) is 4.79 Å². The smallest absolute Gasteiger partial charge is 0.343 e. The minimum absolute atomic E-state index is 0.348. The van der Waals surface area contributed by atoms with Crippen molar-refractivity contribution in [1.82, 2.24) is 0 Å². The summed E-state index contributed by atoms with van der Waals surface area (Å²) in [4.78, 5) is 12.2. The molecule has 0 bridgehead atoms. The molecule has 2 nitrogen and oxygen atoms in total. The average Bonchev–Trinajstić information content (AvgIpc) is 2.50. The number of hydrogen-bond donors (Lipinski definition) is 0. The maximum atomic E-state index is 12.2. The lowest BCUT2D eigenvalue weighted by Crippen LogP contribution is -2.08. The third-order valence-corrected chi connectivity index (χ3v) is 3.83. The van der Waals surface area contributed by atoms with Gasteiger partial charge in [-0.25, -0.2) is 4.79 Å². The Kier molecular flexibility index (Phi) is 3.82. The first-order valence-corrected chi connectivity index (χ1v) is 7.05. The lowest BCUT2D eigenvalue weighted by atomic mass is 10.1. The van der Waals surface area contributed by atoms with E-state index in [1.54, 1.807) is 24.3 Å². The van der Waals surface area contributed by atoms with Gasteiger partial charge in [0.15, 0.2) is 0 Å². The van der Waals surface area contributed by atoms with Crippen LogP contribution in [0.5, 0.6) is 5.75 Å². The van der Waals surface area contributed by atoms with Gasteiger partial charge in [0.2, 0.25) is 0 Å². The number of ether oxygens (including phenoxy) is 1. The van der Waals surface area contributed by atoms with Crippen molar-refractivity contribution in [3.05, 3.63) is 76.3 Å². The number of fused-ring (bicyclic) bond motifs is 1. The Labute approximate surface area is 131 Å². The third kappa shape index (κ3) is 3.02. The molecule has 0 N–H and O–H groups in total. The molecule has 0 atom stereocenters. The molecule has 0 spiro atoms. The summed E-state index contributed by atoms with van der Waals surface area (Å²) in [6.07, 6.45) is 0. The van der Waals surface area contributed by atoms with E-state index in [4.69, 9.17) is 27.9 Å². The largest absolute Gasteiger partial charge is 0.423 e. The van der Waals surface area contributed by atoms with Crippen LogP contribution in [0.4, 0.5) is 0 Å². The van der Waals surface area contributed by atoms with Crippen molar-refractivity contribution in [3.8, 4) is 5.75 Å². The highest BCUT2D eigenvalue weighted by molar-refractivity contribution is 6.42. The van der Waals surface area contributed by atoms with Crippen LogP contribution in [-0.2, 0) is 0 Å². The molecule has 0 aromatic heterocycles. The van der Waals surface area contributed by atoms with E-state index in [-0.39, 0.29) is 0 Å². The fourth-order valence-electron chi connectivity index (χ4n) is 2.02. The van der Waals surface area contributed by atoms with Crippen LogP contribution >= 0.6 is 23.2 Å². The van der Waals surface area contributed by atoms with Crippen molar-refractivity contribution in [1.29, 1.82) is 0 Å². The van der Waals surface area contributed by atoms with E-state index < -0.39 is 5.97 Å². The Hall–Kier alpha value is -2.03. The van der Waals surface area contributed by atoms with E-state index in [2.05, 4.69) is 0 Å². The molecule has 0 radical (unpaired) electrons. The van der Waals surface area contributed by atoms with Crippen LogP contribution in [-0.4, -0.2) is 5.97 Å². The van der Waals surface area contributed by atoms with Crippen molar-refractivity contribution in [2.24, 2.45) is 0 Å². The van der Waals surface area contributed by atoms with Gasteiger partial charge in [-0.2, -0.15) is 0 Å². The number of esters is 1. The second-order valence-electron chi connectivity index (χ2n) is 4.53. The molecule has 3 aromatic carbocycles. The monoisotopic (exact) mass is 316 g/mol. The molecule has 0 aliphatic carbocycles. The van der Waals surface area contributed by atoms with E-state index in [0.29, 0.717) is 21.4 Å². The van der Waals surface area contributed by atoms with Gasteiger partial charge in [0, 0.05) is 6.07 Å². The zero-order valence-corrected chi connectivity index (χ0v) is 12.4. The van der Waals surface area contributed by atoms with Crippen molar-refractivity contribution < 1.29 is 9.53 Å². The molecular weight excluding hydrogens is 307 g/mol. The van der Waals surface area contributed by atoms with Crippen LogP contribution in [0.2, 0.25) is 10.0 Å². The van der Waals surface area contributed by atoms with Crippen molar-refractivity contribution in [3.63, 3.8) is 0 Å². The fraction of sp³-hybridized carbons (Fsp3) is 0. The lowest BCUT2D eigenvalue weighted by Gasteiger charge is -2.06. The number of rotatable bonds is 2. The number of halogens is 2. The normalized spacial score (nSPS) is 10.6. The number of benzene rings is 3. The first kappa shape index (κ1) is 13.9. The summed E-state index contributed by atoms with van der Waals surface area (Å²) < 4.78 is 5.30. The van der Waals surface area contributed by atoms with Crippen LogP contribution in [0.3, 0.4) is 0 Å². The number of carbonyl (C=O) groups excluding carboxylic acids is 1. The van der Waals surface area contributed by atoms with Crippen molar-refractivity contribution in [2.45, 2.75) is 0 Å². The first-order valence-electron chi connectivity index (χ1n) is 6.29. The van der Waals surface area contributed by atoms with Gasteiger partial charge in [-0.3, -0.25) is 0 Å². The maximum absolute atomic E-state index is 12.2. The minimum Gasteiger partial charge on any atom is -0.423 e. The van der Waals surface area contributed by atoms with E-state index >= 15 is 0 Å². The molecule has 3 rings (SSSR count). The Morgan fingerprint density at radius 1 is 0.810 bits per heavy atom. The van der Waals surface area contributed by atoms with Gasteiger partial charge in [-0.15, -0.1) is 0 Å². The second-order valence-corrected chi connectivity index (χ2v) is 5.34. The van der Waals surface area contributed by atoms with Gasteiger partial charge in [-0.05, 0) is 35.0 Å². The molecule has 0 fully saturated rings. The molecule has 0 amide bonds. The SMILES string of the molecule is O=C(Oc1ccc(Cl)c(Cl)c1)c1ccc2ccccc2c1. The van der Waals surface area contributed by atoms with Crippen LogP contribution in [0.25, 0.3) is 10.8 Å². The molecule has 0 saturated carbocycles. The number of carbonyl (C=O) groups is 1. The molecule has 4 heteroatoms. The quantitative estimate of drug-likeness (QED) is 0.469. The summed E-state index contributed by atoms with van der Waals surface area (Å²) in [6, 6.07) is 18.0. The Morgan fingerprint density at radius 3 is 2.33 bits per heavy atom. The molecule has 21 heavy (non-hydrogen) atoms. The van der Waals surface area contributed by atoms with E-state index in [1.165, 1.54) is 6.07 Å². The van der Waals surface area contributed by atoms with Crippen LogP contribution in [0.15, 0.2) is 60.7 Å². The predicted octanol–water partition coefficient (Wildman–Crippen LogP) is 5.37. The van der Waals surface area contributed by atoms with Gasteiger partial charge < -0.3 is 4.74 Å². The third-order valence-electron chi connectivity index (χ3n) is 3.09. The Morgan fingerprint density at radius 2 is 1.57 bits per heavy atom. The Balaban J connectivity index is 1.87. The molecule has 3 aromatic rings. The molecule has 0 unspecified atom stereocenters. The summed E-state index contributed by atoms with van der Waals surface area (Å²) in [6.45, 7) is 0. The zero-order valence-electron chi connectivity index (χ0n) is 10.8. The van der Waals surface area contributed by atoms with E-state index in [0.717, 1.165) is 10.8 Å². The van der Waals surface area contributed by atoms with Crippen molar-refractivity contribution in [2.75, 3.05) is 0 Å². The topological polar surface area (TPSA) is 26.3 Å². The summed E-state index contributed by atoms with van der Waals surface area (Å²) in [7, 11) is 0. The molecule has 0 heterocycles. The molecule has 0 saturated heterocycles. The molecular formula is C17H10Cl2O2. The number of hydrogen-bond acceptors (Lipinski definition) is 2. The molecule has 0 aliphatic rings. The van der Waals surface area contributed by atoms with Crippen LogP contribution < -0.4 is 4.74 Å². The zero-order chi connectivity index (χ0) is 14.8. The summed E-state index contributed by atoms with van der Waals surface area (Å²) in [5, 5.41) is 2.83. The van der Waals surface area contributed by atoms with Crippen LogP contribution in [0, 0.1) is 0 Å². The highest BCUT2D eigenvalue weighted by Crippen LogP contribution is 2.27. The maximum Gasteiger partial charge on any atom is 0.343 e. The van der Waals surface area contributed by atoms with Crippen molar-refractivity contribution >= 4 is 39.9 Å². The Bertz CT molecular complexity index is 828. The molecule has 104 valence electrons. The highest BCUT2D eigenvalue weighted by atomic mass is 35.5. The predicted molar refractivity (Wildman–Crippen MR) is 85.4 cm³/mol. The summed E-state index contributed by atoms with van der Waals surface area (Å²) in [5.41, 5.74) is 0.486. The average molecular weight is 317 g/mol. The standard InChI is InChI=1S/C17H10Cl2O2/c18-15-8-7-14(10-16(15)19)21-17(20)13-6-5-11-3-1-2-4-12(11)9-13/h1-10H. The van der Waals surface area contributed by atoms with Gasteiger partial charge in [0.1, 0.15) is 5.75 Å². The summed E-state index contributed by atoms with van der Waals surface area (Å²) in [5.74, 6) is -0.0679. The lowest BCUT2D eigenvalue weighted by molar-refractivity contribution is 0.0735. The van der Waals surface area contributed by atoms with E-state index in [1.807, 2.05) is 30.3 Å². The van der Waals surface area contributed by atoms with Gasteiger partial charge in [0.05, 0.1) is 15.6 Å². The first-order chi connectivity index (χ1) is 10.1. The highest BCUT2D eigenvalue weighted by Gasteiger charge is 2.10. The molecule has 0 aliphatic heterocycles. The summed E-state index contributed by atoms with van der Waals surface area (Å²) >= 11 is 11.7. The van der Waals surface area contributed by atoms with Gasteiger partial charge in [-0.1, -0.05) is 53.5 Å². The van der Waals surface area contributed by atoms with Gasteiger partial charge >= 0.3 is 5.97 Å². The minimum atomic E-state index is -0.431.